The fourth-order valence-electron chi connectivity index (χ4n) is 2.65. The average Bonchev–Trinajstić information content (AvgIpc) is 2.68. The molecule has 2 N–H and O–H groups in total. The number of nitrogens with one attached hydrogen (secondary N) is 1. The van der Waals surface area contributed by atoms with Gasteiger partial charge in [-0.1, -0.05) is 24.3 Å². The third-order valence-electron chi connectivity index (χ3n) is 3.55. The number of methoxy groups -OCH3 is 1. The lowest BCUT2D eigenvalue weighted by Gasteiger charge is -2.27. The molecule has 1 unspecified atom stereocenters. The average molecular weight is 278 g/mol. The van der Waals surface area contributed by atoms with Crippen molar-refractivity contribution in [3.63, 3.8) is 0 Å². The van der Waals surface area contributed by atoms with Gasteiger partial charge in [0.15, 0.2) is 0 Å². The van der Waals surface area contributed by atoms with Crippen LogP contribution in [-0.4, -0.2) is 49.3 Å². The maximum absolute atomic E-state index is 11.7. The van der Waals surface area contributed by atoms with Crippen molar-refractivity contribution >= 4 is 5.97 Å². The Kier molecular flexibility index (Phi) is 5.52. The molecule has 1 aromatic rings. The smallest absolute Gasteiger partial charge is 0.325 e. The molecule has 0 spiro atoms. The van der Waals surface area contributed by atoms with Crippen LogP contribution in [0.15, 0.2) is 24.3 Å². The van der Waals surface area contributed by atoms with E-state index in [9.17, 15) is 9.90 Å². The summed E-state index contributed by atoms with van der Waals surface area (Å²) < 4.78 is 5.12. The molecule has 110 valence electrons. The minimum Gasteiger partial charge on any atom is -0.480 e. The molecule has 1 saturated heterocycles. The lowest BCUT2D eigenvalue weighted by Crippen LogP contribution is -2.36. The van der Waals surface area contributed by atoms with Crippen LogP contribution in [0.5, 0.6) is 0 Å². The van der Waals surface area contributed by atoms with Gasteiger partial charge in [0.2, 0.25) is 0 Å². The van der Waals surface area contributed by atoms with Crippen LogP contribution in [-0.2, 0) is 16.1 Å². The third-order valence-corrected chi connectivity index (χ3v) is 3.55. The van der Waals surface area contributed by atoms with Crippen LogP contribution < -0.4 is 5.32 Å². The van der Waals surface area contributed by atoms with Crippen molar-refractivity contribution in [3.05, 3.63) is 35.4 Å². The molecule has 0 aromatic heterocycles. The van der Waals surface area contributed by atoms with Crippen LogP contribution in [0.1, 0.15) is 23.6 Å². The van der Waals surface area contributed by atoms with Gasteiger partial charge in [0.25, 0.3) is 0 Å². The van der Waals surface area contributed by atoms with Crippen LogP contribution in [0.3, 0.4) is 0 Å². The fourth-order valence-corrected chi connectivity index (χ4v) is 2.65. The molecule has 0 saturated carbocycles. The summed E-state index contributed by atoms with van der Waals surface area (Å²) >= 11 is 0. The molecule has 1 aliphatic rings. The van der Waals surface area contributed by atoms with E-state index < -0.39 is 12.0 Å². The minimum atomic E-state index is -0.790. The standard InChI is InChI=1S/C15H22N2O3/c1-20-11-12-4-2-5-13(10-12)14(15(18)19)17-8-3-6-16-7-9-17/h2,4-5,10,14,16H,3,6-9,11H2,1H3,(H,18,19). The number of hydrogen-bond acceptors (Lipinski definition) is 4. The maximum Gasteiger partial charge on any atom is 0.325 e. The maximum atomic E-state index is 11.7. The third kappa shape index (κ3) is 3.79. The van der Waals surface area contributed by atoms with Crippen molar-refractivity contribution in [2.24, 2.45) is 0 Å². The van der Waals surface area contributed by atoms with Gasteiger partial charge in [-0.25, -0.2) is 0 Å². The summed E-state index contributed by atoms with van der Waals surface area (Å²) in [4.78, 5) is 13.7. The van der Waals surface area contributed by atoms with E-state index in [0.29, 0.717) is 6.61 Å². The van der Waals surface area contributed by atoms with Gasteiger partial charge in [-0.15, -0.1) is 0 Å². The highest BCUT2D eigenvalue weighted by atomic mass is 16.5. The molecule has 0 amide bonds. The Labute approximate surface area is 119 Å². The van der Waals surface area contributed by atoms with E-state index in [0.717, 1.165) is 43.7 Å². The van der Waals surface area contributed by atoms with Gasteiger partial charge in [-0.05, 0) is 24.1 Å². The molecular formula is C15H22N2O3. The number of carbonyl (C=O) groups is 1. The Morgan fingerprint density at radius 1 is 1.45 bits per heavy atom. The Bertz CT molecular complexity index is 442. The van der Waals surface area contributed by atoms with Gasteiger partial charge >= 0.3 is 5.97 Å². The molecule has 1 atom stereocenters. The van der Waals surface area contributed by atoms with Gasteiger partial charge in [0.1, 0.15) is 6.04 Å². The second kappa shape index (κ2) is 7.38. The first-order chi connectivity index (χ1) is 9.72. The topological polar surface area (TPSA) is 61.8 Å². The number of carboxylic acids is 1. The zero-order valence-corrected chi connectivity index (χ0v) is 11.8. The molecule has 1 heterocycles. The Balaban J connectivity index is 2.22. The number of nitrogens with zero attached hydrogens (tertiary/aromatic N) is 1. The molecule has 1 aliphatic heterocycles. The van der Waals surface area contributed by atoms with E-state index in [-0.39, 0.29) is 0 Å². The molecule has 0 bridgehead atoms. The molecule has 5 heteroatoms. The second-order valence-electron chi connectivity index (χ2n) is 5.06. The van der Waals surface area contributed by atoms with Gasteiger partial charge < -0.3 is 15.2 Å². The highest BCUT2D eigenvalue weighted by Gasteiger charge is 2.27. The predicted octanol–water partition coefficient (Wildman–Crippen LogP) is 1.25. The molecule has 20 heavy (non-hydrogen) atoms. The summed E-state index contributed by atoms with van der Waals surface area (Å²) in [5.41, 5.74) is 1.83. The van der Waals surface area contributed by atoms with Crippen LogP contribution >= 0.6 is 0 Å². The highest BCUT2D eigenvalue weighted by Crippen LogP contribution is 2.23. The molecule has 1 fully saturated rings. The molecule has 0 aliphatic carbocycles. The minimum absolute atomic E-state index is 0.502. The zero-order chi connectivity index (χ0) is 14.4. The summed E-state index contributed by atoms with van der Waals surface area (Å²) in [5.74, 6) is -0.790. The van der Waals surface area contributed by atoms with Crippen molar-refractivity contribution in [3.8, 4) is 0 Å². The lowest BCUT2D eigenvalue weighted by atomic mass is 10.0. The van der Waals surface area contributed by atoms with Gasteiger partial charge in [0, 0.05) is 26.7 Å². The number of rotatable bonds is 5. The Morgan fingerprint density at radius 3 is 3.05 bits per heavy atom. The van der Waals surface area contributed by atoms with Gasteiger partial charge in [-0.3, -0.25) is 9.69 Å². The number of benzene rings is 1. The van der Waals surface area contributed by atoms with E-state index in [2.05, 4.69) is 5.32 Å². The van der Waals surface area contributed by atoms with Crippen molar-refractivity contribution in [2.75, 3.05) is 33.3 Å². The quantitative estimate of drug-likeness (QED) is 0.849. The van der Waals surface area contributed by atoms with E-state index in [1.807, 2.05) is 29.2 Å². The van der Waals surface area contributed by atoms with Crippen LogP contribution in [0, 0.1) is 0 Å². The Hall–Kier alpha value is -1.43. The summed E-state index contributed by atoms with van der Waals surface area (Å²) in [5, 5.41) is 12.9. The van der Waals surface area contributed by atoms with E-state index in [1.54, 1.807) is 7.11 Å². The predicted molar refractivity (Wildman–Crippen MR) is 76.6 cm³/mol. The Morgan fingerprint density at radius 2 is 2.30 bits per heavy atom. The number of hydrogen-bond donors (Lipinski definition) is 2. The SMILES string of the molecule is COCc1cccc(C(C(=O)O)N2CCCNCC2)c1. The van der Waals surface area contributed by atoms with Crippen molar-refractivity contribution in [1.82, 2.24) is 10.2 Å². The number of carboxylic acid groups (broad SMARTS) is 1. The second-order valence-corrected chi connectivity index (χ2v) is 5.06. The summed E-state index contributed by atoms with van der Waals surface area (Å²) in [6.07, 6.45) is 0.974. The van der Waals surface area contributed by atoms with Crippen LogP contribution in [0.4, 0.5) is 0 Å². The summed E-state index contributed by atoms with van der Waals surface area (Å²) in [6, 6.07) is 7.09. The fraction of sp³-hybridized carbons (Fsp3) is 0.533. The highest BCUT2D eigenvalue weighted by molar-refractivity contribution is 5.75. The van der Waals surface area contributed by atoms with Crippen molar-refractivity contribution in [2.45, 2.75) is 19.1 Å². The largest absolute Gasteiger partial charge is 0.480 e. The van der Waals surface area contributed by atoms with Crippen LogP contribution in [0.2, 0.25) is 0 Å². The first kappa shape index (κ1) is 15.0. The molecular weight excluding hydrogens is 256 g/mol. The van der Waals surface area contributed by atoms with Gasteiger partial charge in [-0.2, -0.15) is 0 Å². The van der Waals surface area contributed by atoms with Gasteiger partial charge in [0.05, 0.1) is 6.61 Å². The van der Waals surface area contributed by atoms with E-state index >= 15 is 0 Å². The molecule has 1 aromatic carbocycles. The first-order valence-corrected chi connectivity index (χ1v) is 6.97. The molecule has 2 rings (SSSR count). The van der Waals surface area contributed by atoms with E-state index in [4.69, 9.17) is 4.74 Å². The summed E-state index contributed by atoms with van der Waals surface area (Å²) in [6.45, 7) is 3.85. The number of aliphatic carboxylic acids is 1. The van der Waals surface area contributed by atoms with Crippen LogP contribution in [0.25, 0.3) is 0 Å². The number of ether oxygens (including phenoxy) is 1. The molecule has 0 radical (unpaired) electrons. The summed E-state index contributed by atoms with van der Waals surface area (Å²) in [7, 11) is 1.64. The van der Waals surface area contributed by atoms with Crippen molar-refractivity contribution in [1.29, 1.82) is 0 Å². The normalized spacial score (nSPS) is 18.4. The monoisotopic (exact) mass is 278 g/mol. The molecule has 5 nitrogen and oxygen atoms in total. The first-order valence-electron chi connectivity index (χ1n) is 6.97. The zero-order valence-electron chi connectivity index (χ0n) is 11.8. The lowest BCUT2D eigenvalue weighted by molar-refractivity contribution is -0.143. The van der Waals surface area contributed by atoms with Crippen molar-refractivity contribution < 1.29 is 14.6 Å². The van der Waals surface area contributed by atoms with E-state index in [1.165, 1.54) is 0 Å².